The van der Waals surface area contributed by atoms with Crippen molar-refractivity contribution in [2.24, 2.45) is 0 Å². The van der Waals surface area contributed by atoms with Gasteiger partial charge >= 0.3 is 12.2 Å². The van der Waals surface area contributed by atoms with Crippen LogP contribution >= 0.6 is 45.3 Å². The van der Waals surface area contributed by atoms with Crippen LogP contribution in [0.2, 0.25) is 0 Å². The van der Waals surface area contributed by atoms with E-state index < -0.39 is 12.2 Å². The average Bonchev–Trinajstić information content (AvgIpc) is 3.73. The second-order valence-corrected chi connectivity index (χ2v) is 12.3. The van der Waals surface area contributed by atoms with Gasteiger partial charge in [0.25, 0.3) is 0 Å². The average molecular weight is 582 g/mol. The van der Waals surface area contributed by atoms with E-state index in [1.807, 2.05) is 70.1 Å². The number of amides is 2. The van der Waals surface area contributed by atoms with Crippen LogP contribution in [0.1, 0.15) is 19.5 Å². The molecule has 0 unspecified atom stereocenters. The number of aromatic nitrogens is 1. The Morgan fingerprint density at radius 3 is 1.24 bits per heavy atom. The first-order valence-electron chi connectivity index (χ1n) is 11.6. The Balaban J connectivity index is 1.26. The Labute approximate surface area is 236 Å². The predicted octanol–water partition coefficient (Wildman–Crippen LogP) is 7.73. The van der Waals surface area contributed by atoms with Crippen molar-refractivity contribution in [3.63, 3.8) is 0 Å². The molecule has 5 heterocycles. The van der Waals surface area contributed by atoms with Crippen LogP contribution in [0.3, 0.4) is 0 Å². The minimum absolute atomic E-state index is 0.200. The van der Waals surface area contributed by atoms with Crippen molar-refractivity contribution in [1.29, 1.82) is 0 Å². The van der Waals surface area contributed by atoms with Crippen molar-refractivity contribution >= 4 is 57.5 Å². The molecule has 2 amide bonds. The van der Waals surface area contributed by atoms with Gasteiger partial charge in [0.05, 0.1) is 38.6 Å². The van der Waals surface area contributed by atoms with Crippen molar-refractivity contribution in [2.45, 2.75) is 26.2 Å². The number of carbonyl (C=O) groups is 2. The zero-order valence-electron chi connectivity index (χ0n) is 20.1. The third-order valence-corrected chi connectivity index (χ3v) is 8.77. The van der Waals surface area contributed by atoms with Gasteiger partial charge in [0.1, 0.15) is 0 Å². The molecule has 0 aromatic carbocycles. The van der Waals surface area contributed by atoms with Crippen molar-refractivity contribution < 1.29 is 19.1 Å². The summed E-state index contributed by atoms with van der Waals surface area (Å²) in [4.78, 5) is 37.9. The van der Waals surface area contributed by atoms with E-state index in [4.69, 9.17) is 9.47 Å². The highest BCUT2D eigenvalue weighted by molar-refractivity contribution is 7.10. The van der Waals surface area contributed by atoms with Gasteiger partial charge in [-0.1, -0.05) is 24.3 Å². The maximum absolute atomic E-state index is 13.1. The fourth-order valence-electron chi connectivity index (χ4n) is 3.57. The summed E-state index contributed by atoms with van der Waals surface area (Å²) in [5.41, 5.74) is 0. The smallest absolute Gasteiger partial charge is 0.408 e. The van der Waals surface area contributed by atoms with E-state index >= 15 is 0 Å². The lowest BCUT2D eigenvalue weighted by atomic mass is 10.4. The second kappa shape index (κ2) is 12.8. The van der Waals surface area contributed by atoms with Gasteiger partial charge in [-0.3, -0.25) is 14.8 Å². The van der Waals surface area contributed by atoms with Gasteiger partial charge in [-0.25, -0.2) is 9.59 Å². The molecule has 0 aliphatic rings. The highest BCUT2D eigenvalue weighted by atomic mass is 32.1. The summed E-state index contributed by atoms with van der Waals surface area (Å²) < 4.78 is 11.3. The number of hydrogen-bond acceptors (Lipinski definition) is 9. The minimum Gasteiger partial charge on any atom is -0.408 e. The first-order valence-corrected chi connectivity index (χ1v) is 15.1. The fourth-order valence-corrected chi connectivity index (χ4v) is 6.45. The van der Waals surface area contributed by atoms with Crippen LogP contribution in [-0.2, 0) is 26.2 Å². The van der Waals surface area contributed by atoms with E-state index in [0.29, 0.717) is 26.2 Å². The van der Waals surface area contributed by atoms with Gasteiger partial charge in [-0.05, 0) is 45.8 Å². The van der Waals surface area contributed by atoms with Crippen molar-refractivity contribution in [3.05, 3.63) is 108 Å². The first-order chi connectivity index (χ1) is 18.6. The molecule has 0 fully saturated rings. The highest BCUT2D eigenvalue weighted by Gasteiger charge is 2.21. The van der Waals surface area contributed by atoms with Crippen molar-refractivity contribution in [3.8, 4) is 11.5 Å². The molecular weight excluding hydrogens is 559 g/mol. The third kappa shape index (κ3) is 7.29. The highest BCUT2D eigenvalue weighted by Crippen LogP contribution is 2.24. The zero-order chi connectivity index (χ0) is 26.2. The topological polar surface area (TPSA) is 72.0 Å². The molecule has 38 heavy (non-hydrogen) atoms. The molecule has 0 saturated carbocycles. The van der Waals surface area contributed by atoms with Gasteiger partial charge in [-0.2, -0.15) is 0 Å². The Morgan fingerprint density at radius 2 is 0.947 bits per heavy atom. The Kier molecular flexibility index (Phi) is 8.82. The lowest BCUT2D eigenvalue weighted by Crippen LogP contribution is -2.32. The Bertz CT molecular complexity index is 1240. The molecule has 7 nitrogen and oxygen atoms in total. The molecule has 0 bridgehead atoms. The zero-order valence-corrected chi connectivity index (χ0v) is 23.4. The SMILES string of the molecule is O=C(Oc1cncc(OC(=O)N(Cc2cccs2)Cc2cccs2)c1)N(Cc1cccs1)Cc1cccs1. The normalized spacial score (nSPS) is 10.7. The van der Waals surface area contributed by atoms with Gasteiger partial charge < -0.3 is 9.47 Å². The quantitative estimate of drug-likeness (QED) is 0.169. The van der Waals surface area contributed by atoms with E-state index in [9.17, 15) is 9.59 Å². The van der Waals surface area contributed by atoms with Crippen LogP contribution in [0.5, 0.6) is 11.5 Å². The molecule has 0 spiro atoms. The maximum Gasteiger partial charge on any atom is 0.415 e. The molecular formula is C27H23N3O4S4. The van der Waals surface area contributed by atoms with E-state index in [1.54, 1.807) is 55.1 Å². The summed E-state index contributed by atoms with van der Waals surface area (Å²) in [5.74, 6) is 0.399. The maximum atomic E-state index is 13.1. The molecule has 194 valence electrons. The predicted molar refractivity (Wildman–Crippen MR) is 152 cm³/mol. The van der Waals surface area contributed by atoms with Crippen LogP contribution in [0.4, 0.5) is 9.59 Å². The van der Waals surface area contributed by atoms with E-state index in [1.165, 1.54) is 18.5 Å². The number of hydrogen-bond donors (Lipinski definition) is 0. The molecule has 11 heteroatoms. The number of ether oxygens (including phenoxy) is 2. The Hall–Kier alpha value is -3.51. The molecule has 0 N–H and O–H groups in total. The first kappa shape index (κ1) is 26.1. The largest absolute Gasteiger partial charge is 0.415 e. The Morgan fingerprint density at radius 1 is 0.605 bits per heavy atom. The fraction of sp³-hybridized carbons (Fsp3) is 0.148. The van der Waals surface area contributed by atoms with E-state index in [-0.39, 0.29) is 11.5 Å². The molecule has 5 aromatic heterocycles. The summed E-state index contributed by atoms with van der Waals surface area (Å²) in [7, 11) is 0. The van der Waals surface area contributed by atoms with Crippen molar-refractivity contribution in [1.82, 2.24) is 14.8 Å². The molecule has 0 radical (unpaired) electrons. The summed E-state index contributed by atoms with van der Waals surface area (Å²) in [6.45, 7) is 1.71. The third-order valence-electron chi connectivity index (χ3n) is 5.32. The molecule has 0 saturated heterocycles. The molecule has 0 aliphatic carbocycles. The molecule has 0 aliphatic heterocycles. The monoisotopic (exact) mass is 581 g/mol. The molecule has 5 aromatic rings. The summed E-state index contributed by atoms with van der Waals surface area (Å²) in [5, 5.41) is 7.91. The van der Waals surface area contributed by atoms with E-state index in [0.717, 1.165) is 19.5 Å². The van der Waals surface area contributed by atoms with E-state index in [2.05, 4.69) is 4.98 Å². The number of pyridine rings is 1. The summed E-state index contributed by atoms with van der Waals surface area (Å²) >= 11 is 6.33. The standard InChI is InChI=1S/C27H23N3O4S4/c31-26(29(16-22-5-1-9-35-22)17-23-6-2-10-36-23)33-20-13-21(15-28-14-20)34-27(32)30(18-24-7-3-11-37-24)19-25-8-4-12-38-25/h1-15H,16-19H2. The lowest BCUT2D eigenvalue weighted by molar-refractivity contribution is 0.145. The summed E-state index contributed by atoms with van der Waals surface area (Å²) in [6, 6.07) is 17.3. The summed E-state index contributed by atoms with van der Waals surface area (Å²) in [6.07, 6.45) is 1.85. The number of carbonyl (C=O) groups excluding carboxylic acids is 2. The van der Waals surface area contributed by atoms with Crippen molar-refractivity contribution in [2.75, 3.05) is 0 Å². The van der Waals surface area contributed by atoms with Gasteiger partial charge in [0, 0.05) is 25.6 Å². The molecule has 5 rings (SSSR count). The van der Waals surface area contributed by atoms with Gasteiger partial charge in [0.15, 0.2) is 11.5 Å². The van der Waals surface area contributed by atoms with Gasteiger partial charge in [0.2, 0.25) is 0 Å². The van der Waals surface area contributed by atoms with Crippen LogP contribution in [-0.4, -0.2) is 27.0 Å². The minimum atomic E-state index is -0.505. The lowest BCUT2D eigenvalue weighted by Gasteiger charge is -2.22. The molecule has 0 atom stereocenters. The van der Waals surface area contributed by atoms with Crippen LogP contribution in [0.15, 0.2) is 88.5 Å². The van der Waals surface area contributed by atoms with Crippen LogP contribution < -0.4 is 9.47 Å². The van der Waals surface area contributed by atoms with Crippen LogP contribution in [0.25, 0.3) is 0 Å². The number of nitrogens with zero attached hydrogens (tertiary/aromatic N) is 3. The number of rotatable bonds is 10. The second-order valence-electron chi connectivity index (χ2n) is 8.12. The van der Waals surface area contributed by atoms with Gasteiger partial charge in [-0.15, -0.1) is 45.3 Å². The number of thiophene rings is 4. The van der Waals surface area contributed by atoms with Crippen LogP contribution in [0, 0.1) is 0 Å².